The first-order valence-electron chi connectivity index (χ1n) is 7.15. The molecule has 0 saturated heterocycles. The molecule has 0 amide bonds. The molecule has 0 N–H and O–H groups in total. The van der Waals surface area contributed by atoms with Crippen molar-refractivity contribution in [3.63, 3.8) is 0 Å². The van der Waals surface area contributed by atoms with Gasteiger partial charge in [-0.05, 0) is 43.2 Å². The van der Waals surface area contributed by atoms with Crippen molar-refractivity contribution in [3.8, 4) is 0 Å². The molecule has 4 heteroatoms. The fourth-order valence-electron chi connectivity index (χ4n) is 2.13. The lowest BCUT2D eigenvalue weighted by atomic mass is 10.0. The minimum atomic E-state index is -0.410. The van der Waals surface area contributed by atoms with Crippen molar-refractivity contribution in [2.75, 3.05) is 6.61 Å². The van der Waals surface area contributed by atoms with Crippen LogP contribution in [-0.4, -0.2) is 18.4 Å². The first-order chi connectivity index (χ1) is 10.6. The molecule has 0 spiro atoms. The van der Waals surface area contributed by atoms with Crippen molar-refractivity contribution < 1.29 is 14.3 Å². The molecule has 0 saturated carbocycles. The number of carbonyl (C=O) groups excluding carboxylic acids is 2. The molecular weight excluding hydrogens is 300 g/mol. The van der Waals surface area contributed by atoms with Gasteiger partial charge in [0.25, 0.3) is 0 Å². The Bertz CT molecular complexity index is 680. The number of Topliss-reactive ketones (excluding diaryl/α,β-unsaturated/α-hetero) is 1. The Labute approximate surface area is 134 Å². The van der Waals surface area contributed by atoms with Gasteiger partial charge >= 0.3 is 5.97 Å². The second kappa shape index (κ2) is 7.76. The molecule has 0 aliphatic rings. The highest BCUT2D eigenvalue weighted by Crippen LogP contribution is 2.15. The fraction of sp³-hybridized carbons (Fsp3) is 0.222. The summed E-state index contributed by atoms with van der Waals surface area (Å²) < 4.78 is 4.94. The van der Waals surface area contributed by atoms with E-state index in [1.165, 1.54) is 0 Å². The van der Waals surface area contributed by atoms with Crippen molar-refractivity contribution in [3.05, 3.63) is 70.2 Å². The molecule has 2 aromatic carbocycles. The highest BCUT2D eigenvalue weighted by Gasteiger charge is 2.11. The molecular formula is C18H17ClO3. The average molecular weight is 317 g/mol. The lowest BCUT2D eigenvalue weighted by Crippen LogP contribution is -2.07. The first kappa shape index (κ1) is 16.2. The minimum Gasteiger partial charge on any atom is -0.462 e. The number of hydrogen-bond donors (Lipinski definition) is 0. The zero-order chi connectivity index (χ0) is 15.9. The summed E-state index contributed by atoms with van der Waals surface area (Å²) in [6.45, 7) is 2.06. The molecule has 0 aromatic heterocycles. The van der Waals surface area contributed by atoms with Crippen LogP contribution in [-0.2, 0) is 11.2 Å². The van der Waals surface area contributed by atoms with E-state index in [9.17, 15) is 9.59 Å². The van der Waals surface area contributed by atoms with Crippen molar-refractivity contribution in [1.82, 2.24) is 0 Å². The number of carbonyl (C=O) groups is 2. The van der Waals surface area contributed by atoms with E-state index >= 15 is 0 Å². The quantitative estimate of drug-likeness (QED) is 0.588. The molecule has 0 radical (unpaired) electrons. The van der Waals surface area contributed by atoms with Gasteiger partial charge in [-0.3, -0.25) is 4.79 Å². The molecule has 0 aliphatic carbocycles. The second-order valence-electron chi connectivity index (χ2n) is 4.85. The van der Waals surface area contributed by atoms with Crippen LogP contribution in [0.1, 0.15) is 39.6 Å². The van der Waals surface area contributed by atoms with Gasteiger partial charge in [-0.2, -0.15) is 0 Å². The Morgan fingerprint density at radius 2 is 1.77 bits per heavy atom. The van der Waals surface area contributed by atoms with Gasteiger partial charge < -0.3 is 4.74 Å². The van der Waals surface area contributed by atoms with Gasteiger partial charge in [0, 0.05) is 17.0 Å². The number of halogens is 1. The number of esters is 1. The second-order valence-corrected chi connectivity index (χ2v) is 5.29. The third kappa shape index (κ3) is 4.43. The number of ketones is 1. The van der Waals surface area contributed by atoms with E-state index in [-0.39, 0.29) is 5.78 Å². The van der Waals surface area contributed by atoms with Crippen LogP contribution in [0.2, 0.25) is 5.02 Å². The van der Waals surface area contributed by atoms with Crippen LogP contribution in [0.4, 0.5) is 0 Å². The van der Waals surface area contributed by atoms with E-state index in [2.05, 4.69) is 0 Å². The molecule has 2 rings (SSSR count). The van der Waals surface area contributed by atoms with Crippen molar-refractivity contribution >= 4 is 23.4 Å². The molecule has 114 valence electrons. The molecule has 0 atom stereocenters. The lowest BCUT2D eigenvalue weighted by Gasteiger charge is -2.05. The zero-order valence-electron chi connectivity index (χ0n) is 12.3. The largest absolute Gasteiger partial charge is 0.462 e. The van der Waals surface area contributed by atoms with E-state index < -0.39 is 5.97 Å². The van der Waals surface area contributed by atoms with Crippen molar-refractivity contribution in [2.24, 2.45) is 0 Å². The van der Waals surface area contributed by atoms with E-state index in [4.69, 9.17) is 16.3 Å². The van der Waals surface area contributed by atoms with Crippen molar-refractivity contribution in [2.45, 2.75) is 19.8 Å². The van der Waals surface area contributed by atoms with Gasteiger partial charge in [-0.1, -0.05) is 35.9 Å². The van der Waals surface area contributed by atoms with Gasteiger partial charge in [-0.25, -0.2) is 4.79 Å². The normalized spacial score (nSPS) is 10.3. The standard InChI is InChI=1S/C18H17ClO3/c1-2-22-18(21)15-7-4-6-14(12-15)17(20)10-9-13-5-3-8-16(19)11-13/h3-8,11-12H,2,9-10H2,1H3. The predicted molar refractivity (Wildman–Crippen MR) is 86.5 cm³/mol. The average Bonchev–Trinajstić information content (AvgIpc) is 2.53. The molecule has 0 unspecified atom stereocenters. The summed E-state index contributed by atoms with van der Waals surface area (Å²) in [5.41, 5.74) is 1.94. The van der Waals surface area contributed by atoms with E-state index in [0.717, 1.165) is 5.56 Å². The Morgan fingerprint density at radius 3 is 2.50 bits per heavy atom. The summed E-state index contributed by atoms with van der Waals surface area (Å²) in [5.74, 6) is -0.418. The molecule has 0 heterocycles. The summed E-state index contributed by atoms with van der Waals surface area (Å²) >= 11 is 5.93. The number of aryl methyl sites for hydroxylation is 1. The zero-order valence-corrected chi connectivity index (χ0v) is 13.1. The van der Waals surface area contributed by atoms with Gasteiger partial charge in [0.2, 0.25) is 0 Å². The Kier molecular flexibility index (Phi) is 5.73. The summed E-state index contributed by atoms with van der Waals surface area (Å²) in [6, 6.07) is 14.1. The van der Waals surface area contributed by atoms with Crippen molar-refractivity contribution in [1.29, 1.82) is 0 Å². The predicted octanol–water partition coefficient (Wildman–Crippen LogP) is 4.33. The van der Waals surface area contributed by atoms with Crippen LogP contribution in [0.25, 0.3) is 0 Å². The van der Waals surface area contributed by atoms with E-state index in [1.807, 2.05) is 18.2 Å². The Balaban J connectivity index is 2.03. The topological polar surface area (TPSA) is 43.4 Å². The maximum absolute atomic E-state index is 12.3. The van der Waals surface area contributed by atoms with Crippen LogP contribution in [0, 0.1) is 0 Å². The minimum absolute atomic E-state index is 0.00822. The van der Waals surface area contributed by atoms with Gasteiger partial charge in [0.1, 0.15) is 0 Å². The molecule has 0 bridgehead atoms. The smallest absolute Gasteiger partial charge is 0.338 e. The molecule has 2 aromatic rings. The summed E-state index contributed by atoms with van der Waals surface area (Å²) in [7, 11) is 0. The van der Waals surface area contributed by atoms with Crippen LogP contribution in [0.15, 0.2) is 48.5 Å². The lowest BCUT2D eigenvalue weighted by molar-refractivity contribution is 0.0526. The fourth-order valence-corrected chi connectivity index (χ4v) is 2.34. The molecule has 22 heavy (non-hydrogen) atoms. The van der Waals surface area contributed by atoms with Crippen LogP contribution >= 0.6 is 11.6 Å². The van der Waals surface area contributed by atoms with E-state index in [0.29, 0.717) is 35.6 Å². The summed E-state index contributed by atoms with van der Waals surface area (Å²) in [6.07, 6.45) is 0.982. The number of rotatable bonds is 6. The van der Waals surface area contributed by atoms with Gasteiger partial charge in [0.15, 0.2) is 5.78 Å². The van der Waals surface area contributed by atoms with Crippen LogP contribution < -0.4 is 0 Å². The highest BCUT2D eigenvalue weighted by atomic mass is 35.5. The third-order valence-electron chi connectivity index (χ3n) is 3.23. The monoisotopic (exact) mass is 316 g/mol. The maximum atomic E-state index is 12.3. The van der Waals surface area contributed by atoms with Gasteiger partial charge in [-0.15, -0.1) is 0 Å². The van der Waals surface area contributed by atoms with E-state index in [1.54, 1.807) is 37.3 Å². The molecule has 0 fully saturated rings. The number of benzene rings is 2. The van der Waals surface area contributed by atoms with Crippen LogP contribution in [0.3, 0.4) is 0 Å². The summed E-state index contributed by atoms with van der Waals surface area (Å²) in [5, 5.41) is 0.661. The first-order valence-corrected chi connectivity index (χ1v) is 7.52. The number of hydrogen-bond acceptors (Lipinski definition) is 3. The number of ether oxygens (including phenoxy) is 1. The Hall–Kier alpha value is -2.13. The highest BCUT2D eigenvalue weighted by molar-refractivity contribution is 6.30. The maximum Gasteiger partial charge on any atom is 0.338 e. The Morgan fingerprint density at radius 1 is 1.05 bits per heavy atom. The summed E-state index contributed by atoms with van der Waals surface area (Å²) in [4.78, 5) is 23.9. The molecule has 3 nitrogen and oxygen atoms in total. The van der Waals surface area contributed by atoms with Gasteiger partial charge in [0.05, 0.1) is 12.2 Å². The molecule has 0 aliphatic heterocycles. The van der Waals surface area contributed by atoms with Crippen LogP contribution in [0.5, 0.6) is 0 Å². The third-order valence-corrected chi connectivity index (χ3v) is 3.46. The SMILES string of the molecule is CCOC(=O)c1cccc(C(=O)CCc2cccc(Cl)c2)c1.